The van der Waals surface area contributed by atoms with Gasteiger partial charge < -0.3 is 15.4 Å². The molecule has 106 valence electrons. The van der Waals surface area contributed by atoms with E-state index < -0.39 is 10.9 Å². The molecule has 0 amide bonds. The first-order valence-corrected chi connectivity index (χ1v) is 6.27. The summed E-state index contributed by atoms with van der Waals surface area (Å²) in [5, 5.41) is 18.5. The maximum atomic E-state index is 10.6. The van der Waals surface area contributed by atoms with Crippen LogP contribution in [0.2, 0.25) is 0 Å². The average Bonchev–Trinajstić information content (AvgIpc) is 2.95. The number of rotatable bonds is 4. The van der Waals surface area contributed by atoms with Crippen LogP contribution in [0, 0.1) is 10.1 Å². The van der Waals surface area contributed by atoms with Gasteiger partial charge in [0.15, 0.2) is 0 Å². The summed E-state index contributed by atoms with van der Waals surface area (Å²) in [5.41, 5.74) is 1.77. The van der Waals surface area contributed by atoms with Gasteiger partial charge >= 0.3 is 5.95 Å². The van der Waals surface area contributed by atoms with Crippen molar-refractivity contribution in [3.8, 4) is 0 Å². The maximum Gasteiger partial charge on any atom is 0.490 e. The number of pyridine rings is 1. The van der Waals surface area contributed by atoms with Crippen molar-refractivity contribution < 1.29 is 4.92 Å². The second-order valence-electron chi connectivity index (χ2n) is 4.44. The van der Waals surface area contributed by atoms with Gasteiger partial charge in [-0.2, -0.15) is 4.68 Å². The zero-order valence-electron chi connectivity index (χ0n) is 11.2. The summed E-state index contributed by atoms with van der Waals surface area (Å²) in [6.45, 7) is 0.356. The van der Waals surface area contributed by atoms with Crippen LogP contribution in [0.15, 0.2) is 36.7 Å². The van der Waals surface area contributed by atoms with Crippen molar-refractivity contribution in [2.24, 2.45) is 0 Å². The molecule has 0 bridgehead atoms. The van der Waals surface area contributed by atoms with E-state index >= 15 is 0 Å². The molecular formula is C13H12N6O2. The monoisotopic (exact) mass is 284 g/mol. The molecule has 0 aliphatic carbocycles. The number of benzene rings is 1. The highest BCUT2D eigenvalue weighted by molar-refractivity contribution is 5.81. The molecule has 0 spiro atoms. The fourth-order valence-corrected chi connectivity index (χ4v) is 2.12. The smallest absolute Gasteiger partial charge is 0.390 e. The lowest BCUT2D eigenvalue weighted by molar-refractivity contribution is -0.394. The third kappa shape index (κ3) is 2.50. The molecule has 8 heteroatoms. The largest absolute Gasteiger partial charge is 0.490 e. The molecule has 2 aromatic heterocycles. The summed E-state index contributed by atoms with van der Waals surface area (Å²) in [7, 11) is 1.78. The SMILES string of the molecule is CNc1nc2ccccc2cc1Cn1cnc([N+](=O)[O-])n1. The van der Waals surface area contributed by atoms with Crippen LogP contribution < -0.4 is 5.32 Å². The summed E-state index contributed by atoms with van der Waals surface area (Å²) in [6, 6.07) is 9.75. The molecule has 0 saturated carbocycles. The van der Waals surface area contributed by atoms with Crippen LogP contribution in [0.3, 0.4) is 0 Å². The molecule has 0 fully saturated rings. The number of para-hydroxylation sites is 1. The van der Waals surface area contributed by atoms with Gasteiger partial charge in [0.25, 0.3) is 0 Å². The summed E-state index contributed by atoms with van der Waals surface area (Å²) in [4.78, 5) is 18.2. The Bertz CT molecular complexity index is 813. The molecule has 0 aliphatic heterocycles. The first-order valence-electron chi connectivity index (χ1n) is 6.27. The van der Waals surface area contributed by atoms with Gasteiger partial charge in [-0.25, -0.2) is 4.98 Å². The van der Waals surface area contributed by atoms with Gasteiger partial charge in [-0.05, 0) is 17.1 Å². The fourth-order valence-electron chi connectivity index (χ4n) is 2.12. The number of hydrogen-bond donors (Lipinski definition) is 1. The Labute approximate surface area is 119 Å². The van der Waals surface area contributed by atoms with E-state index in [2.05, 4.69) is 20.4 Å². The highest BCUT2D eigenvalue weighted by atomic mass is 16.6. The van der Waals surface area contributed by atoms with Gasteiger partial charge in [0, 0.05) is 23.1 Å². The van der Waals surface area contributed by atoms with Crippen molar-refractivity contribution in [2.75, 3.05) is 12.4 Å². The predicted octanol–water partition coefficient (Wildman–Crippen LogP) is 1.82. The van der Waals surface area contributed by atoms with Crippen LogP contribution in [0.1, 0.15) is 5.56 Å². The van der Waals surface area contributed by atoms with Crippen molar-refractivity contribution in [1.82, 2.24) is 19.7 Å². The molecule has 0 saturated heterocycles. The number of anilines is 1. The molecule has 3 aromatic rings. The normalized spacial score (nSPS) is 10.7. The maximum absolute atomic E-state index is 10.6. The summed E-state index contributed by atoms with van der Waals surface area (Å²) in [6.07, 6.45) is 1.34. The molecule has 0 atom stereocenters. The van der Waals surface area contributed by atoms with Gasteiger partial charge in [-0.1, -0.05) is 23.2 Å². The Kier molecular flexibility index (Phi) is 3.19. The van der Waals surface area contributed by atoms with Crippen LogP contribution in [0.25, 0.3) is 10.9 Å². The first kappa shape index (κ1) is 13.0. The zero-order chi connectivity index (χ0) is 14.8. The van der Waals surface area contributed by atoms with Crippen LogP contribution in [0.5, 0.6) is 0 Å². The first-order chi connectivity index (χ1) is 10.2. The van der Waals surface area contributed by atoms with E-state index in [1.807, 2.05) is 30.3 Å². The molecule has 1 N–H and O–H groups in total. The van der Waals surface area contributed by atoms with E-state index in [0.29, 0.717) is 12.4 Å². The predicted molar refractivity (Wildman–Crippen MR) is 77.1 cm³/mol. The van der Waals surface area contributed by atoms with E-state index in [1.54, 1.807) is 7.05 Å². The zero-order valence-corrected chi connectivity index (χ0v) is 11.2. The third-order valence-electron chi connectivity index (χ3n) is 3.06. The lowest BCUT2D eigenvalue weighted by Crippen LogP contribution is -2.06. The highest BCUT2D eigenvalue weighted by Crippen LogP contribution is 2.21. The van der Waals surface area contributed by atoms with Crippen molar-refractivity contribution in [2.45, 2.75) is 6.54 Å². The van der Waals surface area contributed by atoms with Crippen LogP contribution in [-0.2, 0) is 6.54 Å². The second kappa shape index (κ2) is 5.16. The minimum absolute atomic E-state index is 0.356. The molecule has 0 unspecified atom stereocenters. The molecule has 2 heterocycles. The van der Waals surface area contributed by atoms with Gasteiger partial charge in [-0.15, -0.1) is 0 Å². The molecule has 8 nitrogen and oxygen atoms in total. The van der Waals surface area contributed by atoms with Crippen LogP contribution >= 0.6 is 0 Å². The van der Waals surface area contributed by atoms with Crippen LogP contribution in [0.4, 0.5) is 11.8 Å². The number of nitro groups is 1. The minimum atomic E-state index is -0.617. The van der Waals surface area contributed by atoms with E-state index in [9.17, 15) is 10.1 Å². The second-order valence-corrected chi connectivity index (χ2v) is 4.44. The molecule has 3 rings (SSSR count). The van der Waals surface area contributed by atoms with Gasteiger partial charge in [-0.3, -0.25) is 0 Å². The van der Waals surface area contributed by atoms with Gasteiger partial charge in [0.1, 0.15) is 5.82 Å². The molecule has 0 aliphatic rings. The van der Waals surface area contributed by atoms with Crippen molar-refractivity contribution in [3.63, 3.8) is 0 Å². The van der Waals surface area contributed by atoms with E-state index in [-0.39, 0.29) is 0 Å². The number of nitrogens with zero attached hydrogens (tertiary/aromatic N) is 5. The molecule has 21 heavy (non-hydrogen) atoms. The molecule has 1 aromatic carbocycles. The topological polar surface area (TPSA) is 98.8 Å². The number of aromatic nitrogens is 4. The number of nitrogens with one attached hydrogen (secondary N) is 1. The standard InChI is InChI=1S/C13H12N6O2/c1-14-12-10(6-9-4-2-3-5-11(9)16-12)7-18-8-15-13(17-18)19(20)21/h2-6,8H,7H2,1H3,(H,14,16). The van der Waals surface area contributed by atoms with Crippen molar-refractivity contribution in [3.05, 3.63) is 52.3 Å². The van der Waals surface area contributed by atoms with E-state index in [0.717, 1.165) is 16.5 Å². The molecule has 0 radical (unpaired) electrons. The highest BCUT2D eigenvalue weighted by Gasteiger charge is 2.15. The average molecular weight is 284 g/mol. The summed E-state index contributed by atoms with van der Waals surface area (Å²) < 4.78 is 1.42. The van der Waals surface area contributed by atoms with Gasteiger partial charge in [0.05, 0.1) is 12.1 Å². The Morgan fingerprint density at radius 2 is 2.19 bits per heavy atom. The van der Waals surface area contributed by atoms with E-state index in [1.165, 1.54) is 11.0 Å². The number of fused-ring (bicyclic) bond motifs is 1. The van der Waals surface area contributed by atoms with E-state index in [4.69, 9.17) is 0 Å². The Morgan fingerprint density at radius 1 is 1.38 bits per heavy atom. The Hall–Kier alpha value is -3.03. The van der Waals surface area contributed by atoms with Crippen molar-refractivity contribution in [1.29, 1.82) is 0 Å². The Morgan fingerprint density at radius 3 is 2.90 bits per heavy atom. The lowest BCUT2D eigenvalue weighted by Gasteiger charge is -2.08. The third-order valence-corrected chi connectivity index (χ3v) is 3.06. The van der Waals surface area contributed by atoms with Gasteiger partial charge in [0.2, 0.25) is 6.33 Å². The quantitative estimate of drug-likeness (QED) is 0.579. The number of hydrogen-bond acceptors (Lipinski definition) is 6. The Balaban J connectivity index is 2.00. The summed E-state index contributed by atoms with van der Waals surface area (Å²) >= 11 is 0. The fraction of sp³-hybridized carbons (Fsp3) is 0.154. The summed E-state index contributed by atoms with van der Waals surface area (Å²) in [5.74, 6) is 0.307. The lowest BCUT2D eigenvalue weighted by atomic mass is 10.1. The minimum Gasteiger partial charge on any atom is -0.390 e. The van der Waals surface area contributed by atoms with Crippen LogP contribution in [-0.4, -0.2) is 31.7 Å². The molecular weight excluding hydrogens is 272 g/mol. The van der Waals surface area contributed by atoms with Crippen molar-refractivity contribution >= 4 is 22.7 Å².